The van der Waals surface area contributed by atoms with Crippen LogP contribution >= 0.6 is 11.3 Å². The summed E-state index contributed by atoms with van der Waals surface area (Å²) in [6, 6.07) is 13.6. The summed E-state index contributed by atoms with van der Waals surface area (Å²) in [6.07, 6.45) is 0.965. The van der Waals surface area contributed by atoms with Gasteiger partial charge in [0.2, 0.25) is 6.79 Å². The van der Waals surface area contributed by atoms with Crippen LogP contribution in [0.2, 0.25) is 0 Å². The van der Waals surface area contributed by atoms with Crippen LogP contribution in [0.15, 0.2) is 47.8 Å². The average Bonchev–Trinajstić information content (AvgIpc) is 3.50. The summed E-state index contributed by atoms with van der Waals surface area (Å²) in [6.45, 7) is 4.71. The zero-order chi connectivity index (χ0) is 22.5. The Balaban J connectivity index is 1.33. The van der Waals surface area contributed by atoms with Crippen molar-refractivity contribution in [2.75, 3.05) is 19.9 Å². The van der Waals surface area contributed by atoms with E-state index in [0.717, 1.165) is 22.6 Å². The van der Waals surface area contributed by atoms with Crippen molar-refractivity contribution >= 4 is 23.2 Å². The second kappa shape index (κ2) is 9.82. The summed E-state index contributed by atoms with van der Waals surface area (Å²) in [5, 5.41) is 2.39. The number of carbonyl (C=O) groups excluding carboxylic acids is 2. The number of amides is 1. The van der Waals surface area contributed by atoms with Crippen molar-refractivity contribution in [3.8, 4) is 22.1 Å². The van der Waals surface area contributed by atoms with Crippen molar-refractivity contribution in [3.05, 3.63) is 64.7 Å². The van der Waals surface area contributed by atoms with Gasteiger partial charge in [-0.3, -0.25) is 4.79 Å². The summed E-state index contributed by atoms with van der Waals surface area (Å²) in [4.78, 5) is 31.0. The predicted molar refractivity (Wildman–Crippen MR) is 121 cm³/mol. The molecule has 2 heterocycles. The van der Waals surface area contributed by atoms with Crippen LogP contribution in [0.1, 0.15) is 35.5 Å². The number of esters is 1. The van der Waals surface area contributed by atoms with Crippen molar-refractivity contribution in [3.63, 3.8) is 0 Å². The number of benzene rings is 2. The highest BCUT2D eigenvalue weighted by atomic mass is 32.1. The maximum Gasteiger partial charge on any atom is 0.358 e. The number of aryl methyl sites for hydroxylation is 1. The number of ether oxygens (including phenoxy) is 3. The number of hydrogen-bond donors (Lipinski definition) is 0. The molecule has 8 heteroatoms. The number of aromatic nitrogens is 1. The van der Waals surface area contributed by atoms with Crippen LogP contribution in [0.4, 0.5) is 0 Å². The number of carbonyl (C=O) groups is 2. The van der Waals surface area contributed by atoms with Crippen molar-refractivity contribution in [1.29, 1.82) is 0 Å². The standard InChI is InChI=1S/C24H24N2O5S/c1-3-16-5-8-18(9-6-16)23-25-19(14-32-23)24(28)29-13-22(27)26(4-2)12-17-7-10-20-21(11-17)31-15-30-20/h5-11,14H,3-4,12-13,15H2,1-2H3. The molecule has 3 aromatic rings. The Hall–Kier alpha value is -3.39. The summed E-state index contributed by atoms with van der Waals surface area (Å²) >= 11 is 1.37. The highest BCUT2D eigenvalue weighted by Gasteiger charge is 2.19. The van der Waals surface area contributed by atoms with Gasteiger partial charge in [-0.1, -0.05) is 37.3 Å². The third kappa shape index (κ3) is 4.91. The van der Waals surface area contributed by atoms with Gasteiger partial charge >= 0.3 is 5.97 Å². The molecule has 0 unspecified atom stereocenters. The molecule has 1 amide bonds. The Bertz CT molecular complexity index is 1110. The lowest BCUT2D eigenvalue weighted by atomic mass is 10.1. The van der Waals surface area contributed by atoms with E-state index in [-0.39, 0.29) is 25.0 Å². The van der Waals surface area contributed by atoms with Gasteiger partial charge in [-0.05, 0) is 36.6 Å². The van der Waals surface area contributed by atoms with Crippen LogP contribution < -0.4 is 9.47 Å². The normalized spacial score (nSPS) is 11.9. The topological polar surface area (TPSA) is 78.0 Å². The Labute approximate surface area is 190 Å². The van der Waals surface area contributed by atoms with Crippen LogP contribution in [-0.2, 0) is 22.5 Å². The van der Waals surface area contributed by atoms with E-state index in [0.29, 0.717) is 24.6 Å². The highest BCUT2D eigenvalue weighted by molar-refractivity contribution is 7.13. The Morgan fingerprint density at radius 3 is 2.56 bits per heavy atom. The van der Waals surface area contributed by atoms with Gasteiger partial charge in [0, 0.05) is 24.0 Å². The van der Waals surface area contributed by atoms with Gasteiger partial charge in [-0.2, -0.15) is 0 Å². The van der Waals surface area contributed by atoms with Crippen LogP contribution in [-0.4, -0.2) is 41.7 Å². The van der Waals surface area contributed by atoms with E-state index in [1.807, 2.05) is 49.4 Å². The van der Waals surface area contributed by atoms with Crippen molar-refractivity contribution < 1.29 is 23.8 Å². The molecule has 0 N–H and O–H groups in total. The zero-order valence-electron chi connectivity index (χ0n) is 18.0. The van der Waals surface area contributed by atoms with Crippen LogP contribution in [0, 0.1) is 0 Å². The lowest BCUT2D eigenvalue weighted by molar-refractivity contribution is -0.134. The number of rotatable bonds is 8. The molecule has 0 fully saturated rings. The minimum absolute atomic E-state index is 0.202. The van der Waals surface area contributed by atoms with Gasteiger partial charge in [0.05, 0.1) is 0 Å². The Morgan fingerprint density at radius 1 is 1.06 bits per heavy atom. The lowest BCUT2D eigenvalue weighted by Gasteiger charge is -2.21. The first-order valence-corrected chi connectivity index (χ1v) is 11.3. The number of hydrogen-bond acceptors (Lipinski definition) is 7. The van der Waals surface area contributed by atoms with Crippen LogP contribution in [0.3, 0.4) is 0 Å². The van der Waals surface area contributed by atoms with E-state index in [1.54, 1.807) is 10.3 Å². The molecule has 1 aromatic heterocycles. The molecule has 166 valence electrons. The second-order valence-corrected chi connectivity index (χ2v) is 8.12. The van der Waals surface area contributed by atoms with Crippen LogP contribution in [0.25, 0.3) is 10.6 Å². The fourth-order valence-corrected chi connectivity index (χ4v) is 4.11. The molecule has 1 aliphatic rings. The predicted octanol–water partition coefficient (Wildman–Crippen LogP) is 4.31. The molecule has 32 heavy (non-hydrogen) atoms. The van der Waals surface area contributed by atoms with Gasteiger partial charge in [0.15, 0.2) is 23.8 Å². The minimum atomic E-state index is -0.606. The first kappa shape index (κ1) is 21.8. The molecule has 1 aliphatic heterocycles. The molecule has 0 saturated heterocycles. The van der Waals surface area contributed by atoms with E-state index >= 15 is 0 Å². The molecule has 4 rings (SSSR count). The third-order valence-electron chi connectivity index (χ3n) is 5.19. The van der Waals surface area contributed by atoms with Gasteiger partial charge in [-0.15, -0.1) is 11.3 Å². The molecule has 2 aromatic carbocycles. The summed E-state index contributed by atoms with van der Waals surface area (Å²) in [7, 11) is 0. The Kier molecular flexibility index (Phi) is 6.70. The molecular weight excluding hydrogens is 428 g/mol. The van der Waals surface area contributed by atoms with E-state index in [2.05, 4.69) is 11.9 Å². The smallest absolute Gasteiger partial charge is 0.358 e. The van der Waals surface area contributed by atoms with E-state index in [1.165, 1.54) is 16.9 Å². The first-order chi connectivity index (χ1) is 15.6. The zero-order valence-corrected chi connectivity index (χ0v) is 18.8. The third-order valence-corrected chi connectivity index (χ3v) is 6.09. The van der Waals surface area contributed by atoms with Gasteiger partial charge < -0.3 is 19.1 Å². The number of nitrogens with zero attached hydrogens (tertiary/aromatic N) is 2. The average molecular weight is 453 g/mol. The summed E-state index contributed by atoms with van der Waals surface area (Å²) in [5.74, 6) is 0.483. The summed E-state index contributed by atoms with van der Waals surface area (Å²) < 4.78 is 15.9. The molecule has 0 radical (unpaired) electrons. The quantitative estimate of drug-likeness (QED) is 0.474. The monoisotopic (exact) mass is 452 g/mol. The van der Waals surface area contributed by atoms with Crippen LogP contribution in [0.5, 0.6) is 11.5 Å². The maximum atomic E-state index is 12.6. The number of likely N-dealkylation sites (N-methyl/N-ethyl adjacent to an activating group) is 1. The highest BCUT2D eigenvalue weighted by Crippen LogP contribution is 2.32. The van der Waals surface area contributed by atoms with E-state index in [4.69, 9.17) is 14.2 Å². The first-order valence-electron chi connectivity index (χ1n) is 10.5. The fraction of sp³-hybridized carbons (Fsp3) is 0.292. The number of fused-ring (bicyclic) bond motifs is 1. The van der Waals surface area contributed by atoms with Gasteiger partial charge in [-0.25, -0.2) is 9.78 Å². The second-order valence-electron chi connectivity index (χ2n) is 7.26. The molecular formula is C24H24N2O5S. The minimum Gasteiger partial charge on any atom is -0.454 e. The van der Waals surface area contributed by atoms with Crippen molar-refractivity contribution in [2.45, 2.75) is 26.8 Å². The fourth-order valence-electron chi connectivity index (χ4n) is 3.31. The molecule has 0 spiro atoms. The maximum absolute atomic E-state index is 12.6. The molecule has 0 atom stereocenters. The SMILES string of the molecule is CCc1ccc(-c2nc(C(=O)OCC(=O)N(CC)Cc3ccc4c(c3)OCO4)cs2)cc1. The molecule has 0 bridgehead atoms. The molecule has 7 nitrogen and oxygen atoms in total. The van der Waals surface area contributed by atoms with E-state index < -0.39 is 5.97 Å². The van der Waals surface area contributed by atoms with Crippen molar-refractivity contribution in [1.82, 2.24) is 9.88 Å². The largest absolute Gasteiger partial charge is 0.454 e. The molecule has 0 aliphatic carbocycles. The van der Waals surface area contributed by atoms with E-state index in [9.17, 15) is 9.59 Å². The van der Waals surface area contributed by atoms with Gasteiger partial charge in [0.25, 0.3) is 5.91 Å². The summed E-state index contributed by atoms with van der Waals surface area (Å²) in [5.41, 5.74) is 3.30. The molecule has 0 saturated carbocycles. The lowest BCUT2D eigenvalue weighted by Crippen LogP contribution is -2.34. The van der Waals surface area contributed by atoms with Crippen molar-refractivity contribution in [2.24, 2.45) is 0 Å². The van der Waals surface area contributed by atoms with Gasteiger partial charge in [0.1, 0.15) is 5.01 Å². The Morgan fingerprint density at radius 2 is 1.81 bits per heavy atom. The number of thiazole rings is 1.